The Labute approximate surface area is 113 Å². The Morgan fingerprint density at radius 1 is 0.947 bits per heavy atom. The van der Waals surface area contributed by atoms with Crippen LogP contribution in [0.2, 0.25) is 0 Å². The lowest BCUT2D eigenvalue weighted by atomic mass is 9.91. The summed E-state index contributed by atoms with van der Waals surface area (Å²) in [7, 11) is 0.388. The number of alkyl halides is 7. The average molecular weight is 351 g/mol. The fourth-order valence-electron chi connectivity index (χ4n) is 1.67. The summed E-state index contributed by atoms with van der Waals surface area (Å²) in [6.07, 6.45) is -11.2. The van der Waals surface area contributed by atoms with Crippen LogP contribution in [0.25, 0.3) is 0 Å². The molecule has 0 radical (unpaired) electrons. The number of hydrogen-bond acceptors (Lipinski definition) is 1. The Morgan fingerprint density at radius 3 is 1.63 bits per heavy atom. The Hall–Kier alpha value is -0.760. The summed E-state index contributed by atoms with van der Waals surface area (Å²) >= 11 is 3.05. The molecular weight excluding hydrogens is 342 g/mol. The van der Waals surface area contributed by atoms with Gasteiger partial charge in [-0.25, -0.2) is 0 Å². The molecule has 1 rings (SSSR count). The second-order valence-electron chi connectivity index (χ2n) is 3.71. The molecule has 1 aromatic carbocycles. The van der Waals surface area contributed by atoms with Crippen molar-refractivity contribution in [3.05, 3.63) is 35.4 Å². The number of benzene rings is 1. The average Bonchev–Trinajstić information content (AvgIpc) is 2.27. The van der Waals surface area contributed by atoms with Crippen molar-refractivity contribution in [1.82, 2.24) is 0 Å². The van der Waals surface area contributed by atoms with Crippen LogP contribution in [0.15, 0.2) is 24.3 Å². The summed E-state index contributed by atoms with van der Waals surface area (Å²) in [6.45, 7) is 0. The van der Waals surface area contributed by atoms with E-state index in [0.29, 0.717) is 18.0 Å². The van der Waals surface area contributed by atoms with Gasteiger partial charge in [0.25, 0.3) is 5.60 Å². The van der Waals surface area contributed by atoms with Gasteiger partial charge < -0.3 is 4.74 Å². The van der Waals surface area contributed by atoms with Crippen molar-refractivity contribution in [2.45, 2.75) is 23.3 Å². The Kier molecular flexibility index (Phi) is 4.56. The van der Waals surface area contributed by atoms with Crippen LogP contribution >= 0.6 is 15.9 Å². The van der Waals surface area contributed by atoms with Crippen molar-refractivity contribution in [3.63, 3.8) is 0 Å². The highest BCUT2D eigenvalue weighted by molar-refractivity contribution is 9.08. The monoisotopic (exact) mass is 350 g/mol. The van der Waals surface area contributed by atoms with Crippen LogP contribution in [-0.2, 0) is 15.7 Å². The van der Waals surface area contributed by atoms with Crippen LogP contribution in [0.1, 0.15) is 11.1 Å². The van der Waals surface area contributed by atoms with Gasteiger partial charge in [0.15, 0.2) is 0 Å². The van der Waals surface area contributed by atoms with Crippen LogP contribution in [0.3, 0.4) is 0 Å². The second kappa shape index (κ2) is 5.32. The molecular formula is C11H9BrF6O. The smallest absolute Gasteiger partial charge is 0.357 e. The van der Waals surface area contributed by atoms with E-state index in [1.165, 1.54) is 12.1 Å². The molecule has 108 valence electrons. The van der Waals surface area contributed by atoms with Gasteiger partial charge in [-0.3, -0.25) is 0 Å². The van der Waals surface area contributed by atoms with Gasteiger partial charge in [0.1, 0.15) is 0 Å². The van der Waals surface area contributed by atoms with Gasteiger partial charge in [-0.15, -0.1) is 0 Å². The molecule has 0 saturated heterocycles. The molecule has 0 amide bonds. The maximum Gasteiger partial charge on any atom is 0.430 e. The van der Waals surface area contributed by atoms with Crippen molar-refractivity contribution < 1.29 is 31.1 Å². The standard InChI is InChI=1S/C11H9BrF6O/c1-19-9(10(13,14)15,11(16,17)18)8-4-2-7(6-12)3-5-8/h2-5H,6H2,1H3. The van der Waals surface area contributed by atoms with Crippen molar-refractivity contribution in [3.8, 4) is 0 Å². The minimum atomic E-state index is -5.62. The summed E-state index contributed by atoms with van der Waals surface area (Å²) in [6, 6.07) is 3.88. The first kappa shape index (κ1) is 16.3. The van der Waals surface area contributed by atoms with Crippen LogP contribution in [-0.4, -0.2) is 19.5 Å². The van der Waals surface area contributed by atoms with Crippen LogP contribution in [0, 0.1) is 0 Å². The molecule has 0 aliphatic rings. The molecule has 8 heteroatoms. The zero-order valence-corrected chi connectivity index (χ0v) is 11.2. The summed E-state index contributed by atoms with van der Waals surface area (Å²) in [5.74, 6) is 0. The topological polar surface area (TPSA) is 9.23 Å². The van der Waals surface area contributed by atoms with E-state index in [0.717, 1.165) is 12.1 Å². The normalized spacial score (nSPS) is 13.7. The molecule has 0 atom stereocenters. The molecule has 0 spiro atoms. The second-order valence-corrected chi connectivity index (χ2v) is 4.27. The van der Waals surface area contributed by atoms with Crippen molar-refractivity contribution in [2.24, 2.45) is 0 Å². The third kappa shape index (κ3) is 2.74. The maximum absolute atomic E-state index is 12.9. The first-order valence-electron chi connectivity index (χ1n) is 4.94. The van der Waals surface area contributed by atoms with Crippen molar-refractivity contribution in [2.75, 3.05) is 7.11 Å². The highest BCUT2D eigenvalue weighted by Crippen LogP contribution is 2.52. The third-order valence-electron chi connectivity index (χ3n) is 2.62. The van der Waals surface area contributed by atoms with Crippen molar-refractivity contribution in [1.29, 1.82) is 0 Å². The van der Waals surface area contributed by atoms with E-state index in [-0.39, 0.29) is 0 Å². The van der Waals surface area contributed by atoms with Crippen LogP contribution in [0.4, 0.5) is 26.3 Å². The fourth-order valence-corrected chi connectivity index (χ4v) is 2.04. The summed E-state index contributed by atoms with van der Waals surface area (Å²) in [4.78, 5) is 0. The lowest BCUT2D eigenvalue weighted by molar-refractivity contribution is -0.383. The number of halogens is 7. The van der Waals surface area contributed by atoms with E-state index >= 15 is 0 Å². The van der Waals surface area contributed by atoms with Gasteiger partial charge in [0.05, 0.1) is 0 Å². The third-order valence-corrected chi connectivity index (χ3v) is 3.27. The SMILES string of the molecule is COC(c1ccc(CBr)cc1)(C(F)(F)F)C(F)(F)F. The fraction of sp³-hybridized carbons (Fsp3) is 0.455. The molecule has 0 unspecified atom stereocenters. The molecule has 1 nitrogen and oxygen atoms in total. The summed E-state index contributed by atoms with van der Waals surface area (Å²) in [5, 5.41) is 0.325. The molecule has 1 aromatic rings. The summed E-state index contributed by atoms with van der Waals surface area (Å²) < 4.78 is 81.2. The van der Waals surface area contributed by atoms with E-state index in [2.05, 4.69) is 20.7 Å². The molecule has 0 heterocycles. The number of hydrogen-bond donors (Lipinski definition) is 0. The highest BCUT2D eigenvalue weighted by atomic mass is 79.9. The first-order chi connectivity index (χ1) is 8.60. The molecule has 0 aliphatic heterocycles. The first-order valence-corrected chi connectivity index (χ1v) is 6.06. The van der Waals surface area contributed by atoms with Gasteiger partial charge in [0.2, 0.25) is 0 Å². The summed E-state index contributed by atoms with van der Waals surface area (Å²) in [5.41, 5.74) is -4.76. The minimum Gasteiger partial charge on any atom is -0.357 e. The zero-order chi connectivity index (χ0) is 14.9. The number of methoxy groups -OCH3 is 1. The maximum atomic E-state index is 12.9. The molecule has 0 aliphatic carbocycles. The quantitative estimate of drug-likeness (QED) is 0.574. The lowest BCUT2D eigenvalue weighted by Gasteiger charge is -2.36. The van der Waals surface area contributed by atoms with E-state index < -0.39 is 23.5 Å². The predicted molar refractivity (Wildman–Crippen MR) is 59.9 cm³/mol. The minimum absolute atomic E-state index is 0.325. The molecule has 0 aromatic heterocycles. The number of rotatable bonds is 3. The van der Waals surface area contributed by atoms with Gasteiger partial charge in [-0.2, -0.15) is 26.3 Å². The van der Waals surface area contributed by atoms with E-state index in [1.54, 1.807) is 0 Å². The van der Waals surface area contributed by atoms with Gasteiger partial charge in [0, 0.05) is 18.0 Å². The van der Waals surface area contributed by atoms with Gasteiger partial charge in [-0.1, -0.05) is 40.2 Å². The molecule has 0 bridgehead atoms. The van der Waals surface area contributed by atoms with E-state index in [9.17, 15) is 26.3 Å². The molecule has 0 fully saturated rings. The Balaban J connectivity index is 3.46. The Bertz CT molecular complexity index is 408. The largest absolute Gasteiger partial charge is 0.430 e. The number of ether oxygens (including phenoxy) is 1. The molecule has 0 saturated carbocycles. The molecule has 0 N–H and O–H groups in total. The van der Waals surface area contributed by atoms with Crippen LogP contribution in [0.5, 0.6) is 0 Å². The van der Waals surface area contributed by atoms with Gasteiger partial charge in [-0.05, 0) is 5.56 Å². The van der Waals surface area contributed by atoms with Crippen molar-refractivity contribution >= 4 is 15.9 Å². The van der Waals surface area contributed by atoms with E-state index in [4.69, 9.17) is 0 Å². The Morgan fingerprint density at radius 2 is 1.37 bits per heavy atom. The van der Waals surface area contributed by atoms with Gasteiger partial charge >= 0.3 is 12.4 Å². The highest BCUT2D eigenvalue weighted by Gasteiger charge is 2.72. The zero-order valence-electron chi connectivity index (χ0n) is 9.57. The molecule has 19 heavy (non-hydrogen) atoms. The predicted octanol–water partition coefficient (Wildman–Crippen LogP) is 4.55. The van der Waals surface area contributed by atoms with Crippen LogP contribution < -0.4 is 0 Å². The lowest BCUT2D eigenvalue weighted by Crippen LogP contribution is -2.55. The van der Waals surface area contributed by atoms with E-state index in [1.807, 2.05) is 0 Å².